The summed E-state index contributed by atoms with van der Waals surface area (Å²) in [6.45, 7) is 7.67. The van der Waals surface area contributed by atoms with Crippen LogP contribution >= 0.6 is 0 Å². The third-order valence-electron chi connectivity index (χ3n) is 5.41. The van der Waals surface area contributed by atoms with Crippen molar-refractivity contribution in [3.8, 4) is 0 Å². The van der Waals surface area contributed by atoms with Gasteiger partial charge in [0.1, 0.15) is 0 Å². The molecule has 0 spiro atoms. The molecule has 0 aliphatic rings. The number of aryl methyl sites for hydroxylation is 3. The van der Waals surface area contributed by atoms with Gasteiger partial charge >= 0.3 is 5.97 Å². The van der Waals surface area contributed by atoms with Gasteiger partial charge in [0, 0.05) is 16.9 Å². The van der Waals surface area contributed by atoms with E-state index in [-0.39, 0.29) is 21.9 Å². The monoisotopic (exact) mass is 482 g/mol. The number of carbonyl (C=O) groups is 3. The van der Waals surface area contributed by atoms with E-state index in [1.165, 1.54) is 25.1 Å². The minimum absolute atomic E-state index is 0.0312. The predicted octanol–water partition coefficient (Wildman–Crippen LogP) is 4.29. The van der Waals surface area contributed by atoms with E-state index < -0.39 is 28.4 Å². The van der Waals surface area contributed by atoms with Crippen LogP contribution in [0.3, 0.4) is 0 Å². The first-order valence-corrected chi connectivity index (χ1v) is 12.0. The highest BCUT2D eigenvalue weighted by atomic mass is 32.2. The Morgan fingerprint density at radius 2 is 1.71 bits per heavy atom. The fourth-order valence-electron chi connectivity index (χ4n) is 3.75. The van der Waals surface area contributed by atoms with Crippen molar-refractivity contribution in [3.05, 3.63) is 81.7 Å². The van der Waals surface area contributed by atoms with Gasteiger partial charge < -0.3 is 9.72 Å². The number of ketones is 2. The molecule has 0 aliphatic heterocycles. The van der Waals surface area contributed by atoms with Crippen LogP contribution in [0.2, 0.25) is 0 Å². The fraction of sp³-hybridized carbons (Fsp3) is 0.240. The van der Waals surface area contributed by atoms with E-state index in [9.17, 15) is 22.8 Å². The van der Waals surface area contributed by atoms with Gasteiger partial charge in [-0.3, -0.25) is 14.3 Å². The van der Waals surface area contributed by atoms with Crippen molar-refractivity contribution >= 4 is 33.2 Å². The molecule has 2 aromatic carbocycles. The van der Waals surface area contributed by atoms with Crippen LogP contribution in [0.4, 0.5) is 5.69 Å². The maximum absolute atomic E-state index is 12.8. The lowest BCUT2D eigenvalue weighted by molar-refractivity contribution is 0.0472. The molecule has 0 unspecified atom stereocenters. The lowest BCUT2D eigenvalue weighted by atomic mass is 10.1. The number of hydrogen-bond donors (Lipinski definition) is 2. The second kappa shape index (κ2) is 9.64. The molecule has 0 radical (unpaired) electrons. The number of ether oxygens (including phenoxy) is 1. The first-order chi connectivity index (χ1) is 15.9. The third kappa shape index (κ3) is 5.26. The molecule has 3 aromatic rings. The Morgan fingerprint density at radius 3 is 2.32 bits per heavy atom. The van der Waals surface area contributed by atoms with Crippen molar-refractivity contribution < 1.29 is 27.5 Å². The maximum Gasteiger partial charge on any atom is 0.338 e. The third-order valence-corrected chi connectivity index (χ3v) is 6.79. The number of anilines is 1. The normalized spacial score (nSPS) is 11.2. The van der Waals surface area contributed by atoms with Crippen molar-refractivity contribution in [3.63, 3.8) is 0 Å². The number of sulfonamides is 1. The molecule has 8 nitrogen and oxygen atoms in total. The van der Waals surface area contributed by atoms with E-state index in [2.05, 4.69) is 9.71 Å². The summed E-state index contributed by atoms with van der Waals surface area (Å²) in [6, 6.07) is 11.0. The van der Waals surface area contributed by atoms with Crippen LogP contribution in [0.15, 0.2) is 47.4 Å². The van der Waals surface area contributed by atoms with Gasteiger partial charge in [-0.05, 0) is 75.6 Å². The lowest BCUT2D eigenvalue weighted by Gasteiger charge is -2.12. The molecule has 0 saturated heterocycles. The first kappa shape index (κ1) is 24.9. The van der Waals surface area contributed by atoms with E-state index >= 15 is 0 Å². The Morgan fingerprint density at radius 1 is 1.00 bits per heavy atom. The van der Waals surface area contributed by atoms with Crippen molar-refractivity contribution in [2.45, 2.75) is 39.5 Å². The number of Topliss-reactive ketones (excluding diaryl/α,β-unsaturated/α-hetero) is 2. The number of rotatable bonds is 8. The van der Waals surface area contributed by atoms with Crippen LogP contribution in [0.5, 0.6) is 0 Å². The molecule has 1 heterocycles. The van der Waals surface area contributed by atoms with Crippen LogP contribution in [0.1, 0.15) is 60.5 Å². The smallest absolute Gasteiger partial charge is 0.338 e. The second-order valence-corrected chi connectivity index (χ2v) is 9.81. The summed E-state index contributed by atoms with van der Waals surface area (Å²) in [6.07, 6.45) is 0. The SMILES string of the molecule is CC(=O)c1c(C)[nH]c(C(=O)COC(=O)c2cc(S(=O)(=O)Nc3cccc(C)c3)ccc2C)c1C. The topological polar surface area (TPSA) is 122 Å². The summed E-state index contributed by atoms with van der Waals surface area (Å²) in [4.78, 5) is 39.9. The van der Waals surface area contributed by atoms with E-state index in [4.69, 9.17) is 4.74 Å². The van der Waals surface area contributed by atoms with Crippen molar-refractivity contribution in [1.82, 2.24) is 4.98 Å². The van der Waals surface area contributed by atoms with Gasteiger partial charge in [0.2, 0.25) is 5.78 Å². The summed E-state index contributed by atoms with van der Waals surface area (Å²) in [7, 11) is -3.95. The largest absolute Gasteiger partial charge is 0.454 e. The zero-order valence-corrected chi connectivity index (χ0v) is 20.4. The van der Waals surface area contributed by atoms with Gasteiger partial charge in [0.05, 0.1) is 16.2 Å². The van der Waals surface area contributed by atoms with Crippen molar-refractivity contribution in [2.75, 3.05) is 11.3 Å². The number of hydrogen-bond acceptors (Lipinski definition) is 6. The summed E-state index contributed by atoms with van der Waals surface area (Å²) in [5, 5.41) is 0. The average Bonchev–Trinajstić information content (AvgIpc) is 3.05. The highest BCUT2D eigenvalue weighted by Gasteiger charge is 2.23. The molecule has 0 amide bonds. The number of aromatic nitrogens is 1. The minimum atomic E-state index is -3.95. The van der Waals surface area contributed by atoms with E-state index in [1.54, 1.807) is 39.0 Å². The molecule has 0 atom stereocenters. The van der Waals surface area contributed by atoms with E-state index in [1.807, 2.05) is 13.0 Å². The summed E-state index contributed by atoms with van der Waals surface area (Å²) in [5.41, 5.74) is 3.52. The molecule has 1 aromatic heterocycles. The second-order valence-electron chi connectivity index (χ2n) is 8.13. The highest BCUT2D eigenvalue weighted by molar-refractivity contribution is 7.92. The molecular weight excluding hydrogens is 456 g/mol. The number of H-pyrrole nitrogens is 1. The molecule has 3 rings (SSSR count). The van der Waals surface area contributed by atoms with Crippen LogP contribution in [0.25, 0.3) is 0 Å². The zero-order valence-electron chi connectivity index (χ0n) is 19.6. The summed E-state index contributed by atoms with van der Waals surface area (Å²) >= 11 is 0. The molecule has 2 N–H and O–H groups in total. The van der Waals surface area contributed by atoms with Gasteiger partial charge in [-0.1, -0.05) is 18.2 Å². The number of esters is 1. The van der Waals surface area contributed by atoms with Gasteiger partial charge in [0.25, 0.3) is 10.0 Å². The van der Waals surface area contributed by atoms with Gasteiger partial charge in [0.15, 0.2) is 12.4 Å². The highest BCUT2D eigenvalue weighted by Crippen LogP contribution is 2.22. The quantitative estimate of drug-likeness (QED) is 0.365. The number of nitrogens with one attached hydrogen (secondary N) is 2. The minimum Gasteiger partial charge on any atom is -0.454 e. The zero-order chi connectivity index (χ0) is 25.2. The van der Waals surface area contributed by atoms with Crippen molar-refractivity contribution in [1.29, 1.82) is 0 Å². The molecule has 0 saturated carbocycles. The molecule has 0 aliphatic carbocycles. The Hall–Kier alpha value is -3.72. The molecular formula is C25H26N2O6S. The van der Waals surface area contributed by atoms with Crippen LogP contribution in [-0.4, -0.2) is 37.5 Å². The van der Waals surface area contributed by atoms with E-state index in [0.29, 0.717) is 28.1 Å². The predicted molar refractivity (Wildman–Crippen MR) is 128 cm³/mol. The Balaban J connectivity index is 1.78. The van der Waals surface area contributed by atoms with Crippen molar-refractivity contribution in [2.24, 2.45) is 0 Å². The van der Waals surface area contributed by atoms with Crippen LogP contribution in [0, 0.1) is 27.7 Å². The fourth-order valence-corrected chi connectivity index (χ4v) is 4.82. The Bertz CT molecular complexity index is 1400. The van der Waals surface area contributed by atoms with E-state index in [0.717, 1.165) is 5.56 Å². The number of aromatic amines is 1. The Kier molecular flexibility index (Phi) is 7.07. The molecule has 0 fully saturated rings. The first-order valence-electron chi connectivity index (χ1n) is 10.5. The maximum atomic E-state index is 12.8. The summed E-state index contributed by atoms with van der Waals surface area (Å²) in [5.74, 6) is -1.50. The molecule has 178 valence electrons. The standard InChI is InChI=1S/C25H26N2O6S/c1-14-7-6-8-19(11-14)27-34(31,32)20-10-9-15(2)21(12-20)25(30)33-13-22(29)24-16(3)23(18(5)28)17(4)26-24/h6-12,26-27H,13H2,1-5H3. The number of carbonyl (C=O) groups excluding carboxylic acids is 3. The van der Waals surface area contributed by atoms with Crippen LogP contribution in [-0.2, 0) is 14.8 Å². The summed E-state index contributed by atoms with van der Waals surface area (Å²) < 4.78 is 33.3. The average molecular weight is 483 g/mol. The number of benzene rings is 2. The Labute approximate surface area is 198 Å². The molecule has 0 bridgehead atoms. The van der Waals surface area contributed by atoms with Gasteiger partial charge in [-0.25, -0.2) is 13.2 Å². The molecule has 34 heavy (non-hydrogen) atoms. The lowest BCUT2D eigenvalue weighted by Crippen LogP contribution is -2.18. The van der Waals surface area contributed by atoms with Gasteiger partial charge in [-0.2, -0.15) is 0 Å². The molecule has 9 heteroatoms. The van der Waals surface area contributed by atoms with Gasteiger partial charge in [-0.15, -0.1) is 0 Å². The van der Waals surface area contributed by atoms with Crippen LogP contribution < -0.4 is 4.72 Å².